The number of methoxy groups -OCH3 is 1. The summed E-state index contributed by atoms with van der Waals surface area (Å²) in [5.41, 5.74) is 1.68. The van der Waals surface area contributed by atoms with Crippen molar-refractivity contribution >= 4 is 0 Å². The molecule has 1 heterocycles. The summed E-state index contributed by atoms with van der Waals surface area (Å²) in [6.07, 6.45) is 0. The molecule has 2 rings (SSSR count). The van der Waals surface area contributed by atoms with E-state index in [2.05, 4.69) is 15.3 Å². The highest BCUT2D eigenvalue weighted by Gasteiger charge is 2.06. The van der Waals surface area contributed by atoms with Crippen LogP contribution >= 0.6 is 0 Å². The minimum absolute atomic E-state index is 0.259. The topological polar surface area (TPSA) is 67.0 Å². The van der Waals surface area contributed by atoms with Gasteiger partial charge in [0.2, 0.25) is 0 Å². The zero-order valence-corrected chi connectivity index (χ0v) is 12.1. The number of aromatic amines is 1. The number of H-pyrrole nitrogens is 1. The second kappa shape index (κ2) is 7.10. The van der Waals surface area contributed by atoms with Crippen LogP contribution < -0.4 is 10.9 Å². The lowest BCUT2D eigenvalue weighted by Crippen LogP contribution is -2.21. The molecule has 21 heavy (non-hydrogen) atoms. The lowest BCUT2D eigenvalue weighted by molar-refractivity contribution is 0.199. The summed E-state index contributed by atoms with van der Waals surface area (Å²) in [5.74, 6) is 0.0184. The molecule has 0 saturated heterocycles. The standard InChI is InChI=1S/C15H18FN3O2/c1-10-5-11(7-12(16)6-10)15-18-13(8-14(20)19-15)9-17-3-4-21-2/h5-8,17H,3-4,9H2,1-2H3,(H,18,19,20). The van der Waals surface area contributed by atoms with E-state index >= 15 is 0 Å². The van der Waals surface area contributed by atoms with Crippen molar-refractivity contribution in [3.05, 3.63) is 51.7 Å². The first-order valence-electron chi connectivity index (χ1n) is 6.66. The van der Waals surface area contributed by atoms with Gasteiger partial charge in [0.1, 0.15) is 11.6 Å². The average molecular weight is 291 g/mol. The maximum Gasteiger partial charge on any atom is 0.251 e. The molecule has 0 atom stereocenters. The van der Waals surface area contributed by atoms with Gasteiger partial charge < -0.3 is 15.0 Å². The average Bonchev–Trinajstić information content (AvgIpc) is 2.42. The Kier molecular flexibility index (Phi) is 5.19. The van der Waals surface area contributed by atoms with Crippen molar-refractivity contribution in [1.29, 1.82) is 0 Å². The minimum atomic E-state index is -0.351. The molecule has 0 amide bonds. The number of halogens is 1. The summed E-state index contributed by atoms with van der Waals surface area (Å²) in [4.78, 5) is 18.7. The Balaban J connectivity index is 2.24. The van der Waals surface area contributed by atoms with Gasteiger partial charge in [-0.25, -0.2) is 9.37 Å². The maximum atomic E-state index is 13.5. The van der Waals surface area contributed by atoms with Gasteiger partial charge in [0, 0.05) is 31.8 Å². The largest absolute Gasteiger partial charge is 0.383 e. The van der Waals surface area contributed by atoms with Crippen molar-refractivity contribution in [3.8, 4) is 11.4 Å². The van der Waals surface area contributed by atoms with Crippen LogP contribution in [0.5, 0.6) is 0 Å². The predicted molar refractivity (Wildman–Crippen MR) is 78.6 cm³/mol. The van der Waals surface area contributed by atoms with Crippen molar-refractivity contribution < 1.29 is 9.13 Å². The number of ether oxygens (including phenoxy) is 1. The lowest BCUT2D eigenvalue weighted by Gasteiger charge is -2.07. The Bertz CT molecular complexity index is 650. The molecule has 1 aromatic heterocycles. The molecule has 112 valence electrons. The number of rotatable bonds is 6. The third kappa shape index (κ3) is 4.47. The van der Waals surface area contributed by atoms with Gasteiger partial charge in [-0.15, -0.1) is 0 Å². The van der Waals surface area contributed by atoms with E-state index in [1.165, 1.54) is 18.2 Å². The van der Waals surface area contributed by atoms with Gasteiger partial charge in [-0.1, -0.05) is 0 Å². The molecule has 0 radical (unpaired) electrons. The third-order valence-electron chi connectivity index (χ3n) is 2.90. The van der Waals surface area contributed by atoms with Gasteiger partial charge in [-0.2, -0.15) is 0 Å². The molecule has 0 aliphatic carbocycles. The summed E-state index contributed by atoms with van der Waals surface area (Å²) in [6.45, 7) is 3.49. The number of nitrogens with zero attached hydrogens (tertiary/aromatic N) is 1. The SMILES string of the molecule is COCCNCc1cc(=O)[nH]c(-c2cc(C)cc(F)c2)n1. The molecule has 2 N–H and O–H groups in total. The van der Waals surface area contributed by atoms with Crippen LogP contribution in [0.15, 0.2) is 29.1 Å². The molecule has 0 fully saturated rings. The van der Waals surface area contributed by atoms with E-state index in [0.717, 1.165) is 5.56 Å². The van der Waals surface area contributed by atoms with Gasteiger partial charge in [0.05, 0.1) is 12.3 Å². The molecule has 0 saturated carbocycles. The first-order chi connectivity index (χ1) is 10.1. The Morgan fingerprint density at radius 1 is 1.33 bits per heavy atom. The van der Waals surface area contributed by atoms with Crippen molar-refractivity contribution in [2.24, 2.45) is 0 Å². The highest BCUT2D eigenvalue weighted by molar-refractivity contribution is 5.56. The molecule has 2 aromatic rings. The molecule has 0 unspecified atom stereocenters. The summed E-state index contributed by atoms with van der Waals surface area (Å²) in [5, 5.41) is 3.12. The van der Waals surface area contributed by atoms with Crippen molar-refractivity contribution in [3.63, 3.8) is 0 Å². The maximum absolute atomic E-state index is 13.5. The fourth-order valence-electron chi connectivity index (χ4n) is 2.00. The number of hydrogen-bond donors (Lipinski definition) is 2. The van der Waals surface area contributed by atoms with E-state index in [-0.39, 0.29) is 11.4 Å². The number of nitrogens with one attached hydrogen (secondary N) is 2. The molecule has 0 spiro atoms. The Labute approximate surface area is 122 Å². The number of hydrogen-bond acceptors (Lipinski definition) is 4. The van der Waals surface area contributed by atoms with E-state index < -0.39 is 0 Å². The molecule has 0 aliphatic heterocycles. The van der Waals surface area contributed by atoms with E-state index in [4.69, 9.17) is 4.74 Å². The first kappa shape index (κ1) is 15.3. The summed E-state index contributed by atoms with van der Waals surface area (Å²) >= 11 is 0. The third-order valence-corrected chi connectivity index (χ3v) is 2.90. The lowest BCUT2D eigenvalue weighted by atomic mass is 10.1. The second-order valence-corrected chi connectivity index (χ2v) is 4.77. The Morgan fingerprint density at radius 3 is 2.86 bits per heavy atom. The minimum Gasteiger partial charge on any atom is -0.383 e. The van der Waals surface area contributed by atoms with Crippen LogP contribution in [-0.2, 0) is 11.3 Å². The van der Waals surface area contributed by atoms with Crippen LogP contribution in [0.3, 0.4) is 0 Å². The zero-order valence-electron chi connectivity index (χ0n) is 12.1. The van der Waals surface area contributed by atoms with Crippen molar-refractivity contribution in [2.75, 3.05) is 20.3 Å². The molecule has 0 aliphatic rings. The van der Waals surface area contributed by atoms with Crippen LogP contribution in [-0.4, -0.2) is 30.2 Å². The van der Waals surface area contributed by atoms with Crippen molar-refractivity contribution in [2.45, 2.75) is 13.5 Å². The number of benzene rings is 1. The highest BCUT2D eigenvalue weighted by atomic mass is 19.1. The van der Waals surface area contributed by atoms with Crippen molar-refractivity contribution in [1.82, 2.24) is 15.3 Å². The second-order valence-electron chi connectivity index (χ2n) is 4.77. The van der Waals surface area contributed by atoms with E-state index in [1.54, 1.807) is 20.1 Å². The molecule has 6 heteroatoms. The van der Waals surface area contributed by atoms with E-state index in [9.17, 15) is 9.18 Å². The van der Waals surface area contributed by atoms with Gasteiger partial charge in [-0.3, -0.25) is 4.79 Å². The van der Waals surface area contributed by atoms with Crippen LogP contribution in [0.4, 0.5) is 4.39 Å². The zero-order chi connectivity index (χ0) is 15.2. The quantitative estimate of drug-likeness (QED) is 0.794. The smallest absolute Gasteiger partial charge is 0.251 e. The van der Waals surface area contributed by atoms with Crippen LogP contribution in [0.2, 0.25) is 0 Å². The fraction of sp³-hybridized carbons (Fsp3) is 0.333. The monoisotopic (exact) mass is 291 g/mol. The Morgan fingerprint density at radius 2 is 2.14 bits per heavy atom. The van der Waals surface area contributed by atoms with Gasteiger partial charge in [0.25, 0.3) is 5.56 Å². The fourth-order valence-corrected chi connectivity index (χ4v) is 2.00. The summed E-state index contributed by atoms with van der Waals surface area (Å²) in [6, 6.07) is 5.99. The summed E-state index contributed by atoms with van der Waals surface area (Å²) in [7, 11) is 1.62. The first-order valence-corrected chi connectivity index (χ1v) is 6.66. The van der Waals surface area contributed by atoms with Crippen LogP contribution in [0, 0.1) is 12.7 Å². The number of aryl methyl sites for hydroxylation is 1. The van der Waals surface area contributed by atoms with Crippen LogP contribution in [0.1, 0.15) is 11.3 Å². The van der Waals surface area contributed by atoms with Gasteiger partial charge in [0.15, 0.2) is 0 Å². The Hall–Kier alpha value is -2.05. The molecule has 5 nitrogen and oxygen atoms in total. The normalized spacial score (nSPS) is 10.8. The van der Waals surface area contributed by atoms with Crippen LogP contribution in [0.25, 0.3) is 11.4 Å². The summed E-state index contributed by atoms with van der Waals surface area (Å²) < 4.78 is 18.4. The van der Waals surface area contributed by atoms with E-state index in [0.29, 0.717) is 36.8 Å². The van der Waals surface area contributed by atoms with E-state index in [1.807, 2.05) is 0 Å². The molecular formula is C15H18FN3O2. The van der Waals surface area contributed by atoms with Gasteiger partial charge in [-0.05, 0) is 30.7 Å². The molecular weight excluding hydrogens is 273 g/mol. The molecule has 0 bridgehead atoms. The highest BCUT2D eigenvalue weighted by Crippen LogP contribution is 2.17. The molecule has 1 aromatic carbocycles. The van der Waals surface area contributed by atoms with Gasteiger partial charge >= 0.3 is 0 Å². The number of aromatic nitrogens is 2. The predicted octanol–water partition coefficient (Wildman–Crippen LogP) is 1.62.